The summed E-state index contributed by atoms with van der Waals surface area (Å²) < 4.78 is 127. The van der Waals surface area contributed by atoms with Crippen LogP contribution in [0.5, 0.6) is 5.75 Å². The zero-order valence-corrected chi connectivity index (χ0v) is 23.1. The summed E-state index contributed by atoms with van der Waals surface area (Å²) in [5.74, 6) is -9.57. The number of nitrogens with zero attached hydrogens (tertiary/aromatic N) is 2. The number of nitriles is 2. The number of hydrogen-bond acceptors (Lipinski definition) is 5. The predicted octanol–water partition coefficient (Wildman–Crippen LogP) is 7.48. The molecule has 45 heavy (non-hydrogen) atoms. The average Bonchev–Trinajstić information content (AvgIpc) is 2.95. The second-order valence-corrected chi connectivity index (χ2v) is 9.52. The highest BCUT2D eigenvalue weighted by molar-refractivity contribution is 6.09. The molecule has 2 N–H and O–H groups in total. The molecule has 236 valence electrons. The van der Waals surface area contributed by atoms with Crippen molar-refractivity contribution in [3.8, 4) is 17.9 Å². The topological polar surface area (TPSA) is 115 Å². The van der Waals surface area contributed by atoms with Crippen molar-refractivity contribution >= 4 is 23.2 Å². The summed E-state index contributed by atoms with van der Waals surface area (Å²) in [4.78, 5) is 25.9. The van der Waals surface area contributed by atoms with E-state index in [4.69, 9.17) is 10.00 Å². The largest absolute Gasteiger partial charge is 0.495 e. The Morgan fingerprint density at radius 2 is 1.40 bits per heavy atom. The van der Waals surface area contributed by atoms with Crippen molar-refractivity contribution in [1.82, 2.24) is 0 Å². The van der Waals surface area contributed by atoms with Gasteiger partial charge in [-0.15, -0.1) is 0 Å². The van der Waals surface area contributed by atoms with E-state index in [-0.39, 0.29) is 40.1 Å². The fourth-order valence-corrected chi connectivity index (χ4v) is 4.24. The standard InChI is InChI=1S/C29H19F9N4O3/c1-14-8-16(12-39)4-7-20(14)25(44)41-21-10-17(5-6-18(21)13-40)24(43)42-23-15(2)9-19(11-22(23)45-3)26(30,28(33,34)35)27(31,32)29(36,37)38/h4-11H,1-3H3,(H,41,44)(H,42,43). The van der Waals surface area contributed by atoms with E-state index >= 15 is 4.39 Å². The summed E-state index contributed by atoms with van der Waals surface area (Å²) >= 11 is 0. The van der Waals surface area contributed by atoms with Crippen LogP contribution < -0.4 is 15.4 Å². The van der Waals surface area contributed by atoms with Crippen molar-refractivity contribution in [2.45, 2.75) is 37.8 Å². The number of anilines is 2. The number of carbonyl (C=O) groups is 2. The third-order valence-corrected chi connectivity index (χ3v) is 6.59. The Kier molecular flexibility index (Phi) is 9.15. The van der Waals surface area contributed by atoms with Crippen molar-refractivity contribution in [2.24, 2.45) is 0 Å². The SMILES string of the molecule is COc1cc(C(F)(C(F)(F)F)C(F)(F)C(F)(F)F)cc(C)c1NC(=O)c1ccc(C#N)c(NC(=O)c2ccc(C#N)cc2C)c1. The van der Waals surface area contributed by atoms with Gasteiger partial charge < -0.3 is 15.4 Å². The number of hydrogen-bond donors (Lipinski definition) is 2. The molecule has 16 heteroatoms. The minimum atomic E-state index is -6.94. The van der Waals surface area contributed by atoms with Gasteiger partial charge in [-0.1, -0.05) is 0 Å². The molecule has 2 amide bonds. The van der Waals surface area contributed by atoms with Crippen LogP contribution in [-0.2, 0) is 5.67 Å². The minimum absolute atomic E-state index is 0.0416. The number of alkyl halides is 9. The monoisotopic (exact) mass is 642 g/mol. The zero-order valence-electron chi connectivity index (χ0n) is 23.1. The normalized spacial score (nSPS) is 13.2. The van der Waals surface area contributed by atoms with Gasteiger partial charge in [-0.3, -0.25) is 9.59 Å². The third kappa shape index (κ3) is 6.22. The Bertz CT molecular complexity index is 1760. The molecule has 0 aliphatic carbocycles. The van der Waals surface area contributed by atoms with Crippen LogP contribution in [0.4, 0.5) is 50.9 Å². The molecule has 0 fully saturated rings. The van der Waals surface area contributed by atoms with Gasteiger partial charge in [0.25, 0.3) is 11.8 Å². The van der Waals surface area contributed by atoms with E-state index in [1.807, 2.05) is 6.07 Å². The highest BCUT2D eigenvalue weighted by Gasteiger charge is 2.81. The number of methoxy groups -OCH3 is 1. The van der Waals surface area contributed by atoms with E-state index in [9.17, 15) is 50.0 Å². The van der Waals surface area contributed by atoms with Gasteiger partial charge in [-0.05, 0) is 73.5 Å². The second-order valence-electron chi connectivity index (χ2n) is 9.52. The highest BCUT2D eigenvalue weighted by atomic mass is 19.4. The van der Waals surface area contributed by atoms with Gasteiger partial charge in [-0.2, -0.15) is 45.6 Å². The van der Waals surface area contributed by atoms with Crippen molar-refractivity contribution < 1.29 is 53.8 Å². The summed E-state index contributed by atoms with van der Waals surface area (Å²) in [7, 11) is 0.782. The minimum Gasteiger partial charge on any atom is -0.495 e. The molecule has 0 saturated carbocycles. The lowest BCUT2D eigenvalue weighted by Gasteiger charge is -2.36. The number of carbonyl (C=O) groups excluding carboxylic acids is 2. The van der Waals surface area contributed by atoms with Crippen molar-refractivity contribution in [1.29, 1.82) is 10.5 Å². The van der Waals surface area contributed by atoms with E-state index in [2.05, 4.69) is 10.6 Å². The van der Waals surface area contributed by atoms with Gasteiger partial charge in [-0.25, -0.2) is 4.39 Å². The fraction of sp³-hybridized carbons (Fsp3) is 0.241. The highest BCUT2D eigenvalue weighted by Crippen LogP contribution is 2.59. The molecule has 0 aromatic heterocycles. The lowest BCUT2D eigenvalue weighted by atomic mass is 9.86. The Morgan fingerprint density at radius 1 is 0.756 bits per heavy atom. The van der Waals surface area contributed by atoms with Crippen molar-refractivity contribution in [3.63, 3.8) is 0 Å². The molecule has 1 atom stereocenters. The van der Waals surface area contributed by atoms with E-state index in [0.29, 0.717) is 5.56 Å². The Labute approximate surface area is 248 Å². The van der Waals surface area contributed by atoms with E-state index < -0.39 is 58.3 Å². The molecule has 3 aromatic carbocycles. The van der Waals surface area contributed by atoms with Gasteiger partial charge in [0.05, 0.1) is 35.7 Å². The quantitative estimate of drug-likeness (QED) is 0.259. The van der Waals surface area contributed by atoms with Crippen LogP contribution in [0, 0.1) is 36.5 Å². The molecule has 0 radical (unpaired) electrons. The maximum Gasteiger partial charge on any atom is 0.457 e. The molecule has 7 nitrogen and oxygen atoms in total. The van der Waals surface area contributed by atoms with Crippen molar-refractivity contribution in [2.75, 3.05) is 17.7 Å². The van der Waals surface area contributed by atoms with Crippen LogP contribution in [0.25, 0.3) is 0 Å². The van der Waals surface area contributed by atoms with Crippen LogP contribution in [0.2, 0.25) is 0 Å². The molecule has 0 heterocycles. The summed E-state index contributed by atoms with van der Waals surface area (Å²) in [6.45, 7) is 2.45. The first-order valence-corrected chi connectivity index (χ1v) is 12.3. The van der Waals surface area contributed by atoms with E-state index in [1.165, 1.54) is 18.2 Å². The number of aryl methyl sites for hydroxylation is 2. The second kappa shape index (κ2) is 12.0. The first-order chi connectivity index (χ1) is 20.7. The zero-order chi connectivity index (χ0) is 34.1. The van der Waals surface area contributed by atoms with E-state index in [1.54, 1.807) is 13.0 Å². The first kappa shape index (κ1) is 34.2. The molecular weight excluding hydrogens is 623 g/mol. The molecular formula is C29H19F9N4O3. The maximum atomic E-state index is 15.1. The third-order valence-electron chi connectivity index (χ3n) is 6.59. The van der Waals surface area contributed by atoms with Crippen LogP contribution in [0.15, 0.2) is 48.5 Å². The average molecular weight is 642 g/mol. The number of halogens is 9. The molecule has 0 aliphatic rings. The Balaban J connectivity index is 2.02. The smallest absolute Gasteiger partial charge is 0.457 e. The molecule has 0 aliphatic heterocycles. The first-order valence-electron chi connectivity index (χ1n) is 12.3. The number of nitrogens with one attached hydrogen (secondary N) is 2. The molecule has 0 bridgehead atoms. The van der Waals surface area contributed by atoms with Gasteiger partial charge in [0.2, 0.25) is 0 Å². The van der Waals surface area contributed by atoms with Gasteiger partial charge in [0.1, 0.15) is 11.8 Å². The van der Waals surface area contributed by atoms with Crippen LogP contribution in [0.1, 0.15) is 48.5 Å². The number of ether oxygens (including phenoxy) is 1. The van der Waals surface area contributed by atoms with Gasteiger partial charge >= 0.3 is 23.9 Å². The van der Waals surface area contributed by atoms with Crippen LogP contribution in [0.3, 0.4) is 0 Å². The summed E-state index contributed by atoms with van der Waals surface area (Å²) in [6, 6.07) is 11.2. The van der Waals surface area contributed by atoms with Crippen molar-refractivity contribution in [3.05, 3.63) is 87.5 Å². The molecule has 0 saturated heterocycles. The predicted molar refractivity (Wildman–Crippen MR) is 141 cm³/mol. The Morgan fingerprint density at radius 3 is 1.91 bits per heavy atom. The lowest BCUT2D eigenvalue weighted by Crippen LogP contribution is -2.59. The van der Waals surface area contributed by atoms with Gasteiger partial charge in [0.15, 0.2) is 0 Å². The molecule has 3 aromatic rings. The van der Waals surface area contributed by atoms with Crippen LogP contribution >= 0.6 is 0 Å². The molecule has 3 rings (SSSR count). The maximum absolute atomic E-state index is 15.1. The van der Waals surface area contributed by atoms with Crippen LogP contribution in [-0.4, -0.2) is 37.2 Å². The fourth-order valence-electron chi connectivity index (χ4n) is 4.24. The number of rotatable bonds is 7. The van der Waals surface area contributed by atoms with E-state index in [0.717, 1.165) is 32.2 Å². The molecule has 0 spiro atoms. The Hall–Kier alpha value is -5.25. The number of amides is 2. The molecule has 1 unspecified atom stereocenters. The van der Waals surface area contributed by atoms with Gasteiger partial charge in [0, 0.05) is 16.7 Å². The number of benzene rings is 3. The lowest BCUT2D eigenvalue weighted by molar-refractivity contribution is -0.389. The summed E-state index contributed by atoms with van der Waals surface area (Å²) in [5, 5.41) is 23.1. The summed E-state index contributed by atoms with van der Waals surface area (Å²) in [5.41, 5.74) is -9.13. The summed E-state index contributed by atoms with van der Waals surface area (Å²) in [6.07, 6.45) is -13.7.